The summed E-state index contributed by atoms with van der Waals surface area (Å²) in [6.45, 7) is 6.43. The van der Waals surface area contributed by atoms with E-state index in [1.165, 1.54) is 6.42 Å². The molecule has 0 bridgehead atoms. The Hall–Kier alpha value is -0.610. The molecule has 94 valence electrons. The second kappa shape index (κ2) is 6.86. The Bertz CT molecular complexity index is 211. The molecule has 16 heavy (non-hydrogen) atoms. The lowest BCUT2D eigenvalue weighted by atomic mass is 9.97. The normalized spacial score (nSPS) is 25.8. The third-order valence-corrected chi connectivity index (χ3v) is 3.33. The highest BCUT2D eigenvalue weighted by Gasteiger charge is 2.29. The van der Waals surface area contributed by atoms with E-state index in [1.807, 2.05) is 5.32 Å². The molecule has 1 rings (SSSR count). The van der Waals surface area contributed by atoms with Crippen LogP contribution in [0.1, 0.15) is 33.1 Å². The third kappa shape index (κ3) is 3.76. The van der Waals surface area contributed by atoms with Crippen LogP contribution in [0, 0.1) is 0 Å². The van der Waals surface area contributed by atoms with E-state index in [2.05, 4.69) is 18.7 Å². The maximum Gasteiger partial charge on any atom is 0.278 e. The number of rotatable bonds is 5. The molecule has 0 unspecified atom stereocenters. The van der Waals surface area contributed by atoms with Crippen LogP contribution >= 0.6 is 0 Å². The molecule has 1 aliphatic heterocycles. The largest absolute Gasteiger partial charge is 0.379 e. The minimum atomic E-state index is 0.274. The van der Waals surface area contributed by atoms with Gasteiger partial charge in [-0.1, -0.05) is 0 Å². The van der Waals surface area contributed by atoms with E-state index in [0.29, 0.717) is 25.2 Å². The number of methoxy groups -OCH3 is 1. The Kier molecular flexibility index (Phi) is 5.77. The molecular formula is C12H25N2O2+. The molecule has 0 spiro atoms. The number of hydrogen-bond donors (Lipinski definition) is 1. The number of piperidine rings is 1. The SMILES string of the molecule is COCC[NH2+]CC(=O)N1[C@H](C)CCC[C@H]1C. The van der Waals surface area contributed by atoms with Crippen molar-refractivity contribution in [3.8, 4) is 0 Å². The molecule has 2 atom stereocenters. The molecule has 1 amide bonds. The Morgan fingerprint density at radius 1 is 1.38 bits per heavy atom. The molecule has 4 nitrogen and oxygen atoms in total. The molecule has 0 aromatic rings. The summed E-state index contributed by atoms with van der Waals surface area (Å²) in [6.07, 6.45) is 3.54. The Balaban J connectivity index is 2.33. The summed E-state index contributed by atoms with van der Waals surface area (Å²) in [4.78, 5) is 14.1. The molecule has 1 saturated heterocycles. The van der Waals surface area contributed by atoms with E-state index in [9.17, 15) is 4.79 Å². The van der Waals surface area contributed by atoms with Crippen molar-refractivity contribution in [3.05, 3.63) is 0 Å². The summed E-state index contributed by atoms with van der Waals surface area (Å²) in [5, 5.41) is 2.03. The van der Waals surface area contributed by atoms with Gasteiger partial charge in [0.2, 0.25) is 0 Å². The molecule has 1 aliphatic rings. The minimum Gasteiger partial charge on any atom is -0.379 e. The van der Waals surface area contributed by atoms with Crippen molar-refractivity contribution >= 4 is 5.91 Å². The number of amides is 1. The predicted molar refractivity (Wildman–Crippen MR) is 63.2 cm³/mol. The Labute approximate surface area is 98.3 Å². The number of nitrogens with zero attached hydrogens (tertiary/aromatic N) is 1. The summed E-state index contributed by atoms with van der Waals surface area (Å²) in [7, 11) is 1.68. The van der Waals surface area contributed by atoms with Crippen molar-refractivity contribution in [1.82, 2.24) is 4.90 Å². The highest BCUT2D eigenvalue weighted by atomic mass is 16.5. The van der Waals surface area contributed by atoms with Gasteiger partial charge in [0.1, 0.15) is 0 Å². The first-order valence-electron chi connectivity index (χ1n) is 6.28. The average Bonchev–Trinajstić information content (AvgIpc) is 2.24. The van der Waals surface area contributed by atoms with Crippen molar-refractivity contribution in [2.75, 3.05) is 26.8 Å². The maximum atomic E-state index is 12.0. The fourth-order valence-corrected chi connectivity index (χ4v) is 2.45. The molecule has 0 aromatic heterocycles. The first-order chi connectivity index (χ1) is 7.66. The predicted octanol–water partition coefficient (Wildman–Crippen LogP) is -0.0143. The van der Waals surface area contributed by atoms with Crippen LogP contribution in [-0.2, 0) is 9.53 Å². The molecule has 1 heterocycles. The van der Waals surface area contributed by atoms with E-state index in [1.54, 1.807) is 7.11 Å². The molecule has 0 saturated carbocycles. The van der Waals surface area contributed by atoms with E-state index in [4.69, 9.17) is 4.74 Å². The highest BCUT2D eigenvalue weighted by molar-refractivity contribution is 5.77. The molecule has 2 N–H and O–H groups in total. The molecule has 0 aromatic carbocycles. The zero-order valence-corrected chi connectivity index (χ0v) is 10.7. The molecule has 4 heteroatoms. The smallest absolute Gasteiger partial charge is 0.278 e. The van der Waals surface area contributed by atoms with E-state index < -0.39 is 0 Å². The third-order valence-electron chi connectivity index (χ3n) is 3.33. The molecule has 1 fully saturated rings. The summed E-state index contributed by atoms with van der Waals surface area (Å²) >= 11 is 0. The average molecular weight is 229 g/mol. The fraction of sp³-hybridized carbons (Fsp3) is 0.917. The van der Waals surface area contributed by atoms with Crippen LogP contribution in [0.4, 0.5) is 0 Å². The summed E-state index contributed by atoms with van der Waals surface area (Å²) in [5.74, 6) is 0.274. The van der Waals surface area contributed by atoms with Gasteiger partial charge in [0.15, 0.2) is 6.54 Å². The van der Waals surface area contributed by atoms with Gasteiger partial charge in [-0.2, -0.15) is 0 Å². The standard InChI is InChI=1S/C12H24N2O2/c1-10-5-4-6-11(2)14(10)12(15)9-13-7-8-16-3/h10-11,13H,4-9H2,1-3H3/p+1/t10-,11-/m1/s1. The summed E-state index contributed by atoms with van der Waals surface area (Å²) in [5.41, 5.74) is 0. The van der Waals surface area contributed by atoms with Gasteiger partial charge in [-0.3, -0.25) is 4.79 Å². The van der Waals surface area contributed by atoms with E-state index in [0.717, 1.165) is 19.4 Å². The topological polar surface area (TPSA) is 46.1 Å². The lowest BCUT2D eigenvalue weighted by Gasteiger charge is -2.38. The molecular weight excluding hydrogens is 204 g/mol. The number of carbonyl (C=O) groups is 1. The van der Waals surface area contributed by atoms with Crippen LogP contribution in [0.2, 0.25) is 0 Å². The summed E-state index contributed by atoms with van der Waals surface area (Å²) in [6, 6.07) is 0.819. The van der Waals surface area contributed by atoms with E-state index in [-0.39, 0.29) is 5.91 Å². The lowest BCUT2D eigenvalue weighted by Crippen LogP contribution is -2.87. The van der Waals surface area contributed by atoms with Crippen molar-refractivity contribution in [3.63, 3.8) is 0 Å². The first kappa shape index (κ1) is 13.5. The van der Waals surface area contributed by atoms with Crippen LogP contribution in [0.15, 0.2) is 0 Å². The van der Waals surface area contributed by atoms with Crippen molar-refractivity contribution in [2.45, 2.75) is 45.2 Å². The van der Waals surface area contributed by atoms with Crippen LogP contribution in [0.5, 0.6) is 0 Å². The number of nitrogens with two attached hydrogens (primary N) is 1. The van der Waals surface area contributed by atoms with Crippen LogP contribution in [-0.4, -0.2) is 49.7 Å². The number of likely N-dealkylation sites (tertiary alicyclic amines) is 1. The summed E-state index contributed by atoms with van der Waals surface area (Å²) < 4.78 is 4.96. The van der Waals surface area contributed by atoms with Gasteiger partial charge in [-0.25, -0.2) is 0 Å². The molecule has 0 radical (unpaired) electrons. The van der Waals surface area contributed by atoms with Crippen LogP contribution in [0.3, 0.4) is 0 Å². The van der Waals surface area contributed by atoms with Gasteiger partial charge in [0.25, 0.3) is 5.91 Å². The lowest BCUT2D eigenvalue weighted by molar-refractivity contribution is -0.646. The second-order valence-electron chi connectivity index (χ2n) is 4.70. The quantitative estimate of drug-likeness (QED) is 0.674. The van der Waals surface area contributed by atoms with Gasteiger partial charge in [-0.15, -0.1) is 0 Å². The van der Waals surface area contributed by atoms with Crippen molar-refractivity contribution in [2.24, 2.45) is 0 Å². The zero-order valence-electron chi connectivity index (χ0n) is 10.7. The first-order valence-corrected chi connectivity index (χ1v) is 6.28. The van der Waals surface area contributed by atoms with Gasteiger partial charge in [0.05, 0.1) is 13.2 Å². The van der Waals surface area contributed by atoms with Gasteiger partial charge >= 0.3 is 0 Å². The Morgan fingerprint density at radius 3 is 2.56 bits per heavy atom. The highest BCUT2D eigenvalue weighted by Crippen LogP contribution is 2.21. The number of quaternary nitrogens is 1. The molecule has 0 aliphatic carbocycles. The van der Waals surface area contributed by atoms with Crippen LogP contribution in [0.25, 0.3) is 0 Å². The number of carbonyl (C=O) groups excluding carboxylic acids is 1. The van der Waals surface area contributed by atoms with Crippen molar-refractivity contribution in [1.29, 1.82) is 0 Å². The van der Waals surface area contributed by atoms with Crippen LogP contribution < -0.4 is 5.32 Å². The minimum absolute atomic E-state index is 0.274. The van der Waals surface area contributed by atoms with Crippen molar-refractivity contribution < 1.29 is 14.8 Å². The number of ether oxygens (including phenoxy) is 1. The number of hydrogen-bond acceptors (Lipinski definition) is 2. The zero-order chi connectivity index (χ0) is 12.0. The second-order valence-corrected chi connectivity index (χ2v) is 4.70. The van der Waals surface area contributed by atoms with Gasteiger partial charge in [-0.05, 0) is 33.1 Å². The Morgan fingerprint density at radius 2 is 2.00 bits per heavy atom. The maximum absolute atomic E-state index is 12.0. The van der Waals surface area contributed by atoms with Gasteiger partial charge in [0, 0.05) is 19.2 Å². The monoisotopic (exact) mass is 229 g/mol. The fourth-order valence-electron chi connectivity index (χ4n) is 2.45. The van der Waals surface area contributed by atoms with E-state index >= 15 is 0 Å². The van der Waals surface area contributed by atoms with Gasteiger partial charge < -0.3 is 15.0 Å².